The summed E-state index contributed by atoms with van der Waals surface area (Å²) in [6.07, 6.45) is 3.57. The van der Waals surface area contributed by atoms with Gasteiger partial charge in [-0.3, -0.25) is 9.78 Å². The van der Waals surface area contributed by atoms with Gasteiger partial charge in [-0.05, 0) is 30.7 Å². The highest BCUT2D eigenvalue weighted by atomic mass is 35.5. The normalized spacial score (nSPS) is 17.1. The number of nitrogens with zero attached hydrogens (tertiary/aromatic N) is 3. The number of aromatic nitrogens is 2. The van der Waals surface area contributed by atoms with Gasteiger partial charge in [-0.15, -0.1) is 11.3 Å². The Morgan fingerprint density at radius 1 is 1.33 bits per heavy atom. The Morgan fingerprint density at radius 3 is 3.00 bits per heavy atom. The summed E-state index contributed by atoms with van der Waals surface area (Å²) in [5, 5.41) is 4.84. The van der Waals surface area contributed by atoms with E-state index in [9.17, 15) is 4.79 Å². The molecule has 0 spiro atoms. The van der Waals surface area contributed by atoms with E-state index >= 15 is 0 Å². The number of hydrogen-bond acceptors (Lipinski definition) is 5. The van der Waals surface area contributed by atoms with Crippen molar-refractivity contribution in [1.82, 2.24) is 20.2 Å². The fourth-order valence-electron chi connectivity index (χ4n) is 3.29. The van der Waals surface area contributed by atoms with Crippen molar-refractivity contribution in [3.8, 4) is 10.6 Å². The van der Waals surface area contributed by atoms with Crippen molar-refractivity contribution in [2.24, 2.45) is 0 Å². The van der Waals surface area contributed by atoms with Crippen LogP contribution in [0.25, 0.3) is 10.6 Å². The van der Waals surface area contributed by atoms with E-state index in [1.807, 2.05) is 54.4 Å². The second kappa shape index (κ2) is 7.76. The monoisotopic (exact) mass is 398 g/mol. The third-order valence-corrected chi connectivity index (χ3v) is 6.07. The van der Waals surface area contributed by atoms with Crippen LogP contribution in [0.3, 0.4) is 0 Å². The first kappa shape index (κ1) is 18.1. The number of amides is 1. The van der Waals surface area contributed by atoms with Gasteiger partial charge in [0.15, 0.2) is 0 Å². The average Bonchev–Trinajstić information content (AvgIpc) is 3.10. The van der Waals surface area contributed by atoms with Gasteiger partial charge in [0.05, 0.1) is 11.7 Å². The lowest BCUT2D eigenvalue weighted by Gasteiger charge is -2.36. The number of pyridine rings is 1. The van der Waals surface area contributed by atoms with E-state index in [0.29, 0.717) is 16.4 Å². The first-order valence-corrected chi connectivity index (χ1v) is 9.98. The standard InChI is InChI=1S/C20H19ClN4OS/c1-13-18(27-19(24-13)14-4-2-6-16(21)10-14)20(26)25-9-8-23-12-17(25)15-5-3-7-22-11-15/h2-7,10-11,17,23H,8-9,12H2,1H3. The molecule has 0 radical (unpaired) electrons. The molecule has 2 aromatic heterocycles. The van der Waals surface area contributed by atoms with Crippen LogP contribution >= 0.6 is 22.9 Å². The number of carbonyl (C=O) groups excluding carboxylic acids is 1. The summed E-state index contributed by atoms with van der Waals surface area (Å²) in [6, 6.07) is 11.4. The van der Waals surface area contributed by atoms with Gasteiger partial charge < -0.3 is 10.2 Å². The van der Waals surface area contributed by atoms with Gasteiger partial charge in [-0.25, -0.2) is 4.98 Å². The summed E-state index contributed by atoms with van der Waals surface area (Å²) in [5.74, 6) is 0.0219. The molecule has 5 nitrogen and oxygen atoms in total. The van der Waals surface area contributed by atoms with Gasteiger partial charge in [0, 0.05) is 42.6 Å². The topological polar surface area (TPSA) is 58.1 Å². The highest BCUT2D eigenvalue weighted by Gasteiger charge is 2.31. The largest absolute Gasteiger partial charge is 0.328 e. The fourth-order valence-corrected chi connectivity index (χ4v) is 4.50. The second-order valence-corrected chi connectivity index (χ2v) is 7.88. The summed E-state index contributed by atoms with van der Waals surface area (Å²) in [7, 11) is 0. The summed E-state index contributed by atoms with van der Waals surface area (Å²) in [5.41, 5.74) is 2.72. The zero-order valence-electron chi connectivity index (χ0n) is 14.9. The van der Waals surface area contributed by atoms with Crippen LogP contribution in [0.2, 0.25) is 5.02 Å². The number of rotatable bonds is 3. The predicted molar refractivity (Wildman–Crippen MR) is 108 cm³/mol. The molecule has 1 fully saturated rings. The number of piperazine rings is 1. The van der Waals surface area contributed by atoms with Crippen LogP contribution < -0.4 is 5.32 Å². The van der Waals surface area contributed by atoms with Gasteiger partial charge in [0.2, 0.25) is 0 Å². The van der Waals surface area contributed by atoms with E-state index in [-0.39, 0.29) is 11.9 Å². The lowest BCUT2D eigenvalue weighted by molar-refractivity contribution is 0.0638. The van der Waals surface area contributed by atoms with Gasteiger partial charge in [0.25, 0.3) is 5.91 Å². The number of halogens is 1. The maximum atomic E-state index is 13.3. The third kappa shape index (κ3) is 3.74. The van der Waals surface area contributed by atoms with Gasteiger partial charge in [-0.2, -0.15) is 0 Å². The average molecular weight is 399 g/mol. The SMILES string of the molecule is Cc1nc(-c2cccc(Cl)c2)sc1C(=O)N1CCNCC1c1cccnc1. The number of hydrogen-bond donors (Lipinski definition) is 1. The molecule has 1 aromatic carbocycles. The Hall–Kier alpha value is -2.28. The Bertz CT molecular complexity index is 960. The molecule has 1 saturated heterocycles. The molecule has 7 heteroatoms. The van der Waals surface area contributed by atoms with Crippen molar-refractivity contribution in [3.05, 3.63) is 69.9 Å². The summed E-state index contributed by atoms with van der Waals surface area (Å²) in [6.45, 7) is 4.04. The number of nitrogens with one attached hydrogen (secondary N) is 1. The van der Waals surface area contributed by atoms with Gasteiger partial charge in [0.1, 0.15) is 9.88 Å². The highest BCUT2D eigenvalue weighted by molar-refractivity contribution is 7.17. The van der Waals surface area contributed by atoms with Crippen molar-refractivity contribution >= 4 is 28.8 Å². The summed E-state index contributed by atoms with van der Waals surface area (Å²) >= 11 is 7.52. The maximum Gasteiger partial charge on any atom is 0.266 e. The molecule has 3 aromatic rings. The molecule has 27 heavy (non-hydrogen) atoms. The van der Waals surface area contributed by atoms with Crippen LogP contribution in [0.5, 0.6) is 0 Å². The fraction of sp³-hybridized carbons (Fsp3) is 0.250. The van der Waals surface area contributed by atoms with Crippen LogP contribution in [0.4, 0.5) is 0 Å². The predicted octanol–water partition coefficient (Wildman–Crippen LogP) is 3.95. The Kier molecular flexibility index (Phi) is 5.20. The molecular weight excluding hydrogens is 380 g/mol. The minimum atomic E-state index is -0.0314. The molecule has 1 aliphatic heterocycles. The van der Waals surface area contributed by atoms with Gasteiger partial charge >= 0.3 is 0 Å². The number of aryl methyl sites for hydroxylation is 1. The number of thiazole rings is 1. The Balaban J connectivity index is 1.65. The van der Waals surface area contributed by atoms with Crippen LogP contribution in [0.1, 0.15) is 27.0 Å². The smallest absolute Gasteiger partial charge is 0.266 e. The van der Waals surface area contributed by atoms with Crippen molar-refractivity contribution in [2.45, 2.75) is 13.0 Å². The maximum absolute atomic E-state index is 13.3. The van der Waals surface area contributed by atoms with Crippen LogP contribution in [-0.2, 0) is 0 Å². The summed E-state index contributed by atoms with van der Waals surface area (Å²) in [4.78, 5) is 24.8. The Labute approximate surface area is 167 Å². The van der Waals surface area contributed by atoms with E-state index in [0.717, 1.165) is 34.9 Å². The van der Waals surface area contributed by atoms with E-state index < -0.39 is 0 Å². The molecule has 138 valence electrons. The van der Waals surface area contributed by atoms with E-state index in [1.54, 1.807) is 6.20 Å². The lowest BCUT2D eigenvalue weighted by Crippen LogP contribution is -2.48. The van der Waals surface area contributed by atoms with Crippen LogP contribution in [0.15, 0.2) is 48.8 Å². The molecule has 1 unspecified atom stereocenters. The zero-order valence-corrected chi connectivity index (χ0v) is 16.4. The van der Waals surface area contributed by atoms with Crippen LogP contribution in [-0.4, -0.2) is 40.4 Å². The minimum absolute atomic E-state index is 0.0219. The Morgan fingerprint density at radius 2 is 2.22 bits per heavy atom. The van der Waals surface area contributed by atoms with Crippen molar-refractivity contribution < 1.29 is 4.79 Å². The number of benzene rings is 1. The van der Waals surface area contributed by atoms with Gasteiger partial charge in [-0.1, -0.05) is 29.8 Å². The molecule has 0 saturated carbocycles. The molecule has 3 heterocycles. The van der Waals surface area contributed by atoms with Crippen molar-refractivity contribution in [1.29, 1.82) is 0 Å². The number of carbonyl (C=O) groups is 1. The molecule has 1 atom stereocenters. The molecule has 1 amide bonds. The van der Waals surface area contributed by atoms with E-state index in [2.05, 4.69) is 15.3 Å². The second-order valence-electron chi connectivity index (χ2n) is 6.45. The first-order chi connectivity index (χ1) is 13.1. The first-order valence-electron chi connectivity index (χ1n) is 8.78. The third-order valence-electron chi connectivity index (χ3n) is 4.64. The highest BCUT2D eigenvalue weighted by Crippen LogP contribution is 2.32. The minimum Gasteiger partial charge on any atom is -0.328 e. The molecule has 0 bridgehead atoms. The van der Waals surface area contributed by atoms with E-state index in [4.69, 9.17) is 11.6 Å². The molecule has 0 aliphatic carbocycles. The lowest BCUT2D eigenvalue weighted by atomic mass is 10.0. The van der Waals surface area contributed by atoms with Crippen molar-refractivity contribution in [2.75, 3.05) is 19.6 Å². The zero-order chi connectivity index (χ0) is 18.8. The quantitative estimate of drug-likeness (QED) is 0.725. The van der Waals surface area contributed by atoms with E-state index in [1.165, 1.54) is 11.3 Å². The van der Waals surface area contributed by atoms with Crippen molar-refractivity contribution in [3.63, 3.8) is 0 Å². The molecule has 1 aliphatic rings. The molecule has 4 rings (SSSR count). The summed E-state index contributed by atoms with van der Waals surface area (Å²) < 4.78 is 0. The molecule has 1 N–H and O–H groups in total. The molecular formula is C20H19ClN4OS. The van der Waals surface area contributed by atoms with Crippen LogP contribution in [0, 0.1) is 6.92 Å².